The van der Waals surface area contributed by atoms with Crippen LogP contribution in [0.5, 0.6) is 0 Å². The number of nitrogens with one attached hydrogen (secondary N) is 2. The highest BCUT2D eigenvalue weighted by Gasteiger charge is 2.26. The number of ether oxygens (including phenoxy) is 1. The number of hydrogen-bond donors (Lipinski definition) is 2. The second-order valence-corrected chi connectivity index (χ2v) is 7.38. The molecule has 5 nitrogen and oxygen atoms in total. The Hall–Kier alpha value is -2.41. The van der Waals surface area contributed by atoms with E-state index in [0.29, 0.717) is 18.5 Å². The third-order valence-corrected chi connectivity index (χ3v) is 5.15. The Morgan fingerprint density at radius 3 is 2.73 bits per heavy atom. The molecular weight excluding hydrogens is 355 g/mol. The van der Waals surface area contributed by atoms with Crippen molar-refractivity contribution in [2.45, 2.75) is 44.2 Å². The first-order valence-electron chi connectivity index (χ1n) is 8.63. The maximum Gasteiger partial charge on any atom is 0.411 e. The number of amides is 2. The molecule has 1 aliphatic carbocycles. The van der Waals surface area contributed by atoms with Gasteiger partial charge in [0, 0.05) is 23.0 Å². The summed E-state index contributed by atoms with van der Waals surface area (Å²) in [6.07, 6.45) is 2.73. The van der Waals surface area contributed by atoms with Gasteiger partial charge >= 0.3 is 6.09 Å². The summed E-state index contributed by atoms with van der Waals surface area (Å²) in [4.78, 5) is 25.1. The fraction of sp³-hybridized carbons (Fsp3) is 0.368. The summed E-state index contributed by atoms with van der Waals surface area (Å²) in [5, 5.41) is 7.57. The Labute approximate surface area is 155 Å². The first kappa shape index (κ1) is 18.4. The van der Waals surface area contributed by atoms with Crippen molar-refractivity contribution in [3.05, 3.63) is 52.5 Å². The van der Waals surface area contributed by atoms with Crippen LogP contribution in [-0.2, 0) is 16.0 Å². The van der Waals surface area contributed by atoms with E-state index in [1.165, 1.54) is 24.3 Å². The number of carbonyl (C=O) groups is 2. The molecule has 0 bridgehead atoms. The Morgan fingerprint density at radius 2 is 2.00 bits per heavy atom. The largest absolute Gasteiger partial charge is 0.446 e. The highest BCUT2D eigenvalue weighted by Crippen LogP contribution is 2.22. The zero-order chi connectivity index (χ0) is 18.4. The van der Waals surface area contributed by atoms with Crippen molar-refractivity contribution in [2.24, 2.45) is 0 Å². The van der Waals surface area contributed by atoms with Crippen LogP contribution in [-0.4, -0.2) is 24.1 Å². The number of carbonyl (C=O) groups excluding carboxylic acids is 2. The van der Waals surface area contributed by atoms with Crippen LogP contribution >= 0.6 is 11.3 Å². The summed E-state index contributed by atoms with van der Waals surface area (Å²) < 4.78 is 18.3. The second kappa shape index (κ2) is 8.80. The summed E-state index contributed by atoms with van der Waals surface area (Å²) in [6, 6.07) is 9.38. The molecule has 0 radical (unpaired) electrons. The van der Waals surface area contributed by atoms with E-state index in [4.69, 9.17) is 4.74 Å². The number of anilines is 1. The standard InChI is InChI=1S/C19H21FN2O3S/c20-13-6-8-14(9-7-13)22-19(24)25-16-4-1-3-15(11-16)21-18(23)12-17-5-2-10-26-17/h2,5-10,15-16H,1,3-4,11-12H2,(H,21,23)(H,22,24). The maximum absolute atomic E-state index is 12.9. The smallest absolute Gasteiger partial charge is 0.411 e. The van der Waals surface area contributed by atoms with Gasteiger partial charge in [-0.3, -0.25) is 10.1 Å². The molecule has 2 unspecified atom stereocenters. The van der Waals surface area contributed by atoms with E-state index in [-0.39, 0.29) is 23.9 Å². The predicted octanol–water partition coefficient (Wildman–Crippen LogP) is 4.11. The van der Waals surface area contributed by atoms with Crippen molar-refractivity contribution in [3.8, 4) is 0 Å². The van der Waals surface area contributed by atoms with Crippen LogP contribution < -0.4 is 10.6 Å². The van der Waals surface area contributed by atoms with Crippen molar-refractivity contribution in [1.29, 1.82) is 0 Å². The van der Waals surface area contributed by atoms with Gasteiger partial charge in [-0.05, 0) is 55.0 Å². The molecule has 1 fully saturated rings. The predicted molar refractivity (Wildman–Crippen MR) is 98.7 cm³/mol. The monoisotopic (exact) mass is 376 g/mol. The summed E-state index contributed by atoms with van der Waals surface area (Å²) in [5.74, 6) is -0.369. The van der Waals surface area contributed by atoms with Gasteiger partial charge in [-0.1, -0.05) is 6.07 Å². The van der Waals surface area contributed by atoms with Crippen molar-refractivity contribution < 1.29 is 18.7 Å². The summed E-state index contributed by atoms with van der Waals surface area (Å²) >= 11 is 1.56. The van der Waals surface area contributed by atoms with Crippen LogP contribution in [0.4, 0.5) is 14.9 Å². The van der Waals surface area contributed by atoms with Gasteiger partial charge in [-0.2, -0.15) is 0 Å². The van der Waals surface area contributed by atoms with Crippen LogP contribution in [0.2, 0.25) is 0 Å². The molecular formula is C19H21FN2O3S. The van der Waals surface area contributed by atoms with Crippen molar-refractivity contribution >= 4 is 29.0 Å². The van der Waals surface area contributed by atoms with Gasteiger partial charge in [0.05, 0.1) is 6.42 Å². The van der Waals surface area contributed by atoms with Crippen molar-refractivity contribution in [3.63, 3.8) is 0 Å². The summed E-state index contributed by atoms with van der Waals surface area (Å²) in [6.45, 7) is 0. The molecule has 3 rings (SSSR count). The fourth-order valence-corrected chi connectivity index (χ4v) is 3.77. The van der Waals surface area contributed by atoms with E-state index in [1.54, 1.807) is 11.3 Å². The normalized spacial score (nSPS) is 19.6. The lowest BCUT2D eigenvalue weighted by Gasteiger charge is -2.29. The molecule has 1 aromatic heterocycles. The van der Waals surface area contributed by atoms with Crippen LogP contribution in [0.25, 0.3) is 0 Å². The SMILES string of the molecule is O=C(Cc1cccs1)NC1CCCC(OC(=O)Nc2ccc(F)cc2)C1. The number of thiophene rings is 1. The van der Waals surface area contributed by atoms with Crippen LogP contribution in [0, 0.1) is 5.82 Å². The molecule has 2 N–H and O–H groups in total. The first-order valence-corrected chi connectivity index (χ1v) is 9.51. The molecule has 0 saturated heterocycles. The Kier molecular flexibility index (Phi) is 6.22. The Bertz CT molecular complexity index is 734. The molecule has 2 aromatic rings. The minimum Gasteiger partial charge on any atom is -0.446 e. The van der Waals surface area contributed by atoms with Gasteiger partial charge in [-0.15, -0.1) is 11.3 Å². The van der Waals surface area contributed by atoms with E-state index in [9.17, 15) is 14.0 Å². The van der Waals surface area contributed by atoms with E-state index >= 15 is 0 Å². The lowest BCUT2D eigenvalue weighted by atomic mass is 9.92. The highest BCUT2D eigenvalue weighted by molar-refractivity contribution is 7.10. The molecule has 26 heavy (non-hydrogen) atoms. The van der Waals surface area contributed by atoms with E-state index in [2.05, 4.69) is 10.6 Å². The third-order valence-electron chi connectivity index (χ3n) is 4.27. The van der Waals surface area contributed by atoms with Crippen LogP contribution in [0.1, 0.15) is 30.6 Å². The van der Waals surface area contributed by atoms with Gasteiger partial charge in [0.1, 0.15) is 11.9 Å². The molecule has 1 saturated carbocycles. The van der Waals surface area contributed by atoms with Crippen molar-refractivity contribution in [2.75, 3.05) is 5.32 Å². The third kappa shape index (κ3) is 5.56. The minimum absolute atomic E-state index is 0.00568. The van der Waals surface area contributed by atoms with Gasteiger partial charge in [0.25, 0.3) is 0 Å². The molecule has 0 spiro atoms. The molecule has 1 heterocycles. The molecule has 0 aliphatic heterocycles. The molecule has 138 valence electrons. The number of benzene rings is 1. The van der Waals surface area contributed by atoms with Gasteiger partial charge in [0.2, 0.25) is 5.91 Å². The Balaban J connectivity index is 1.44. The highest BCUT2D eigenvalue weighted by atomic mass is 32.1. The minimum atomic E-state index is -0.563. The van der Waals surface area contributed by atoms with Gasteiger partial charge in [0.15, 0.2) is 0 Å². The average Bonchev–Trinajstić information content (AvgIpc) is 3.10. The van der Waals surface area contributed by atoms with E-state index < -0.39 is 6.09 Å². The molecule has 2 atom stereocenters. The van der Waals surface area contributed by atoms with Crippen molar-refractivity contribution in [1.82, 2.24) is 5.32 Å². The first-order chi connectivity index (χ1) is 12.6. The number of halogens is 1. The topological polar surface area (TPSA) is 67.4 Å². The maximum atomic E-state index is 12.9. The number of rotatable bonds is 5. The number of hydrogen-bond acceptors (Lipinski definition) is 4. The molecule has 1 aromatic carbocycles. The summed E-state index contributed by atoms with van der Waals surface area (Å²) in [5.41, 5.74) is 0.480. The van der Waals surface area contributed by atoms with E-state index in [0.717, 1.165) is 24.1 Å². The zero-order valence-corrected chi connectivity index (χ0v) is 15.1. The second-order valence-electron chi connectivity index (χ2n) is 6.35. The summed E-state index contributed by atoms with van der Waals surface area (Å²) in [7, 11) is 0. The van der Waals surface area contributed by atoms with Crippen LogP contribution in [0.3, 0.4) is 0 Å². The lowest BCUT2D eigenvalue weighted by Crippen LogP contribution is -2.41. The zero-order valence-electron chi connectivity index (χ0n) is 14.2. The molecule has 7 heteroatoms. The fourth-order valence-electron chi connectivity index (χ4n) is 3.07. The van der Waals surface area contributed by atoms with Crippen LogP contribution in [0.15, 0.2) is 41.8 Å². The van der Waals surface area contributed by atoms with Gasteiger partial charge < -0.3 is 10.1 Å². The van der Waals surface area contributed by atoms with E-state index in [1.807, 2.05) is 17.5 Å². The molecule has 2 amide bonds. The van der Waals surface area contributed by atoms with Gasteiger partial charge in [-0.25, -0.2) is 9.18 Å². The average molecular weight is 376 g/mol. The lowest BCUT2D eigenvalue weighted by molar-refractivity contribution is -0.121. The Morgan fingerprint density at radius 1 is 1.19 bits per heavy atom. The molecule has 1 aliphatic rings. The quantitative estimate of drug-likeness (QED) is 0.825.